The van der Waals surface area contributed by atoms with Crippen LogP contribution in [0.1, 0.15) is 23.1 Å². The first-order chi connectivity index (χ1) is 18.5. The molecule has 2 aliphatic heterocycles. The Hall–Kier alpha value is -3.05. The van der Waals surface area contributed by atoms with Crippen molar-refractivity contribution < 1.29 is 9.90 Å². The Morgan fingerprint density at radius 2 is 1.82 bits per heavy atom. The maximum atomic E-state index is 13.7. The SMILES string of the molecule is Cc1cccn2c(=O)c(/C=C3\SC(=S)N(CCCc4ccccc4)C3=O)c(N3CCN(CCO)CC3)nc12. The Morgan fingerprint density at radius 1 is 1.05 bits per heavy atom. The van der Waals surface area contributed by atoms with Crippen molar-refractivity contribution in [3.63, 3.8) is 0 Å². The summed E-state index contributed by atoms with van der Waals surface area (Å²) in [6.07, 6.45) is 5.05. The lowest BCUT2D eigenvalue weighted by Crippen LogP contribution is -2.48. The number of aromatic nitrogens is 2. The molecule has 2 aromatic heterocycles. The first kappa shape index (κ1) is 26.6. The average Bonchev–Trinajstić information content (AvgIpc) is 3.19. The highest BCUT2D eigenvalue weighted by Crippen LogP contribution is 2.34. The van der Waals surface area contributed by atoms with E-state index < -0.39 is 0 Å². The van der Waals surface area contributed by atoms with Gasteiger partial charge in [0, 0.05) is 45.5 Å². The van der Waals surface area contributed by atoms with Crippen molar-refractivity contribution in [1.82, 2.24) is 19.2 Å². The van der Waals surface area contributed by atoms with E-state index in [9.17, 15) is 14.7 Å². The summed E-state index contributed by atoms with van der Waals surface area (Å²) >= 11 is 6.80. The fourth-order valence-electron chi connectivity index (χ4n) is 4.90. The van der Waals surface area contributed by atoms with Crippen molar-refractivity contribution in [2.75, 3.05) is 50.8 Å². The number of hydrogen-bond donors (Lipinski definition) is 1. The summed E-state index contributed by atoms with van der Waals surface area (Å²) in [6.45, 7) is 6.09. The number of aryl methyl sites for hydroxylation is 2. The molecule has 0 radical (unpaired) electrons. The van der Waals surface area contributed by atoms with Gasteiger partial charge in [0.05, 0.1) is 17.1 Å². The number of benzene rings is 1. The number of pyridine rings is 1. The zero-order valence-electron chi connectivity index (χ0n) is 21.4. The molecule has 0 aliphatic carbocycles. The minimum absolute atomic E-state index is 0.118. The molecule has 4 heterocycles. The molecule has 0 unspecified atom stereocenters. The molecule has 1 amide bonds. The van der Waals surface area contributed by atoms with Crippen molar-refractivity contribution in [3.05, 3.63) is 80.6 Å². The van der Waals surface area contributed by atoms with E-state index in [1.165, 1.54) is 17.3 Å². The number of β-amino-alcohol motifs (C(OH)–C–C–N with tert-alkyl or cyclic N) is 1. The lowest BCUT2D eigenvalue weighted by Gasteiger charge is -2.35. The maximum absolute atomic E-state index is 13.7. The first-order valence-electron chi connectivity index (χ1n) is 12.9. The highest BCUT2D eigenvalue weighted by Gasteiger charge is 2.33. The lowest BCUT2D eigenvalue weighted by molar-refractivity contribution is -0.122. The van der Waals surface area contributed by atoms with Crippen LogP contribution >= 0.6 is 24.0 Å². The number of piperazine rings is 1. The summed E-state index contributed by atoms with van der Waals surface area (Å²) in [5.41, 5.74) is 2.93. The second kappa shape index (κ2) is 11.8. The molecule has 0 saturated carbocycles. The van der Waals surface area contributed by atoms with E-state index in [1.54, 1.807) is 21.6 Å². The normalized spacial score (nSPS) is 17.8. The number of rotatable bonds is 8. The molecule has 1 aromatic carbocycles. The molecule has 10 heteroatoms. The second-order valence-electron chi connectivity index (χ2n) is 9.51. The highest BCUT2D eigenvalue weighted by molar-refractivity contribution is 8.26. The summed E-state index contributed by atoms with van der Waals surface area (Å²) in [5.74, 6) is 0.419. The molecule has 0 spiro atoms. The van der Waals surface area contributed by atoms with Gasteiger partial charge in [-0.1, -0.05) is 60.4 Å². The molecule has 2 aliphatic rings. The van der Waals surface area contributed by atoms with Gasteiger partial charge in [-0.15, -0.1) is 0 Å². The van der Waals surface area contributed by atoms with Crippen molar-refractivity contribution >= 4 is 51.7 Å². The molecule has 38 heavy (non-hydrogen) atoms. The van der Waals surface area contributed by atoms with Crippen molar-refractivity contribution in [1.29, 1.82) is 0 Å². The topological polar surface area (TPSA) is 81.4 Å². The molecule has 5 rings (SSSR count). The number of nitrogens with zero attached hydrogens (tertiary/aromatic N) is 5. The summed E-state index contributed by atoms with van der Waals surface area (Å²) in [7, 11) is 0. The van der Waals surface area contributed by atoms with Crippen LogP contribution in [0.25, 0.3) is 11.7 Å². The number of thioether (sulfide) groups is 1. The molecular formula is C28H31N5O3S2. The second-order valence-corrected chi connectivity index (χ2v) is 11.2. The number of hydrogen-bond acceptors (Lipinski definition) is 8. The molecule has 3 aromatic rings. The number of aliphatic hydroxyl groups is 1. The Bertz CT molecular complexity index is 1430. The Kier molecular flexibility index (Phi) is 8.23. The molecule has 2 saturated heterocycles. The van der Waals surface area contributed by atoms with Crippen LogP contribution in [0.4, 0.5) is 5.82 Å². The highest BCUT2D eigenvalue weighted by atomic mass is 32.2. The van der Waals surface area contributed by atoms with Gasteiger partial charge >= 0.3 is 0 Å². The quantitative estimate of drug-likeness (QED) is 0.339. The van der Waals surface area contributed by atoms with Gasteiger partial charge in [0.25, 0.3) is 11.5 Å². The Morgan fingerprint density at radius 3 is 2.55 bits per heavy atom. The van der Waals surface area contributed by atoms with Crippen molar-refractivity contribution in [3.8, 4) is 0 Å². The third-order valence-electron chi connectivity index (χ3n) is 6.99. The zero-order chi connectivity index (χ0) is 26.6. The smallest absolute Gasteiger partial charge is 0.267 e. The molecule has 2 fully saturated rings. The van der Waals surface area contributed by atoms with Gasteiger partial charge in [-0.3, -0.25) is 23.8 Å². The monoisotopic (exact) mass is 549 g/mol. The number of carbonyl (C=O) groups is 1. The summed E-state index contributed by atoms with van der Waals surface area (Å²) in [6, 6.07) is 13.9. The van der Waals surface area contributed by atoms with Crippen LogP contribution in [0.2, 0.25) is 0 Å². The summed E-state index contributed by atoms with van der Waals surface area (Å²) in [5, 5.41) is 9.30. The van der Waals surface area contributed by atoms with Crippen LogP contribution < -0.4 is 10.5 Å². The average molecular weight is 550 g/mol. The fourth-order valence-corrected chi connectivity index (χ4v) is 6.19. The van der Waals surface area contributed by atoms with Gasteiger partial charge in [-0.2, -0.15) is 0 Å². The number of aliphatic hydroxyl groups excluding tert-OH is 1. The molecule has 0 bridgehead atoms. The van der Waals surface area contributed by atoms with E-state index in [-0.39, 0.29) is 18.1 Å². The third kappa shape index (κ3) is 5.54. The number of thiocarbonyl (C=S) groups is 1. The third-order valence-corrected chi connectivity index (χ3v) is 8.37. The van der Waals surface area contributed by atoms with E-state index in [1.807, 2.05) is 37.3 Å². The standard InChI is InChI=1S/C28H31N5O3S2/c1-20-7-5-11-32-24(20)29-25(31-15-13-30(14-16-31)17-18-34)22(26(32)35)19-23-27(36)33(28(37)38-23)12-6-10-21-8-3-2-4-9-21/h2-5,7-9,11,19,34H,6,10,12-18H2,1H3/b23-19-. The first-order valence-corrected chi connectivity index (χ1v) is 14.1. The summed E-state index contributed by atoms with van der Waals surface area (Å²) < 4.78 is 2.06. The molecule has 198 valence electrons. The van der Waals surface area contributed by atoms with E-state index in [0.29, 0.717) is 52.4 Å². The number of fused-ring (bicyclic) bond motifs is 1. The predicted octanol–water partition coefficient (Wildman–Crippen LogP) is 2.95. The Labute approximate surface area is 231 Å². The van der Waals surface area contributed by atoms with E-state index in [2.05, 4.69) is 21.9 Å². The minimum atomic E-state index is -0.208. The predicted molar refractivity (Wildman–Crippen MR) is 157 cm³/mol. The van der Waals surface area contributed by atoms with Gasteiger partial charge < -0.3 is 10.0 Å². The lowest BCUT2D eigenvalue weighted by atomic mass is 10.1. The van der Waals surface area contributed by atoms with Crippen LogP contribution in [0.3, 0.4) is 0 Å². The largest absolute Gasteiger partial charge is 0.395 e. The molecule has 8 nitrogen and oxygen atoms in total. The van der Waals surface area contributed by atoms with E-state index in [0.717, 1.165) is 31.5 Å². The van der Waals surface area contributed by atoms with Crippen LogP contribution in [0.5, 0.6) is 0 Å². The number of carbonyl (C=O) groups excluding carboxylic acids is 1. The van der Waals surface area contributed by atoms with Gasteiger partial charge in [0.2, 0.25) is 0 Å². The van der Waals surface area contributed by atoms with Gasteiger partial charge in [-0.25, -0.2) is 4.98 Å². The van der Waals surface area contributed by atoms with Gasteiger partial charge in [-0.05, 0) is 43.0 Å². The Balaban J connectivity index is 1.44. The van der Waals surface area contributed by atoms with Crippen LogP contribution in [0, 0.1) is 6.92 Å². The zero-order valence-corrected chi connectivity index (χ0v) is 23.0. The van der Waals surface area contributed by atoms with Crippen molar-refractivity contribution in [2.24, 2.45) is 0 Å². The van der Waals surface area contributed by atoms with Gasteiger partial charge in [0.15, 0.2) is 0 Å². The molecule has 0 atom stereocenters. The number of anilines is 1. The van der Waals surface area contributed by atoms with Crippen LogP contribution in [-0.4, -0.2) is 80.4 Å². The molecule has 1 N–H and O–H groups in total. The number of amides is 1. The molecular weight excluding hydrogens is 518 g/mol. The van der Waals surface area contributed by atoms with Crippen LogP contribution in [0.15, 0.2) is 58.4 Å². The van der Waals surface area contributed by atoms with E-state index in [4.69, 9.17) is 17.2 Å². The fraction of sp³-hybridized carbons (Fsp3) is 0.357. The van der Waals surface area contributed by atoms with Crippen molar-refractivity contribution in [2.45, 2.75) is 19.8 Å². The van der Waals surface area contributed by atoms with Gasteiger partial charge in [0.1, 0.15) is 15.8 Å². The minimum Gasteiger partial charge on any atom is -0.395 e. The van der Waals surface area contributed by atoms with Crippen LogP contribution in [-0.2, 0) is 11.2 Å². The van der Waals surface area contributed by atoms with E-state index >= 15 is 0 Å². The summed E-state index contributed by atoms with van der Waals surface area (Å²) in [4.78, 5) is 38.4. The maximum Gasteiger partial charge on any atom is 0.267 e.